The Hall–Kier alpha value is -2.15. The van der Waals surface area contributed by atoms with Crippen molar-refractivity contribution in [1.82, 2.24) is 4.90 Å². The summed E-state index contributed by atoms with van der Waals surface area (Å²) in [6.07, 6.45) is -0.530. The van der Waals surface area contributed by atoms with Gasteiger partial charge in [0.2, 0.25) is 0 Å². The summed E-state index contributed by atoms with van der Waals surface area (Å²) in [6.45, 7) is 9.14. The number of carbonyl (C=O) groups is 2. The van der Waals surface area contributed by atoms with E-state index in [0.29, 0.717) is 5.56 Å². The van der Waals surface area contributed by atoms with Crippen LogP contribution in [0.2, 0.25) is 0 Å². The van der Waals surface area contributed by atoms with Gasteiger partial charge in [0.25, 0.3) is 0 Å². The monoisotopic (exact) mass is 383 g/mol. The van der Waals surface area contributed by atoms with Crippen LogP contribution in [-0.2, 0) is 25.4 Å². The highest BCUT2D eigenvalue weighted by molar-refractivity contribution is 5.82. The van der Waals surface area contributed by atoms with Crippen LogP contribution in [0, 0.1) is 11.7 Å². The zero-order valence-electron chi connectivity index (χ0n) is 17.0. The van der Waals surface area contributed by atoms with Gasteiger partial charge >= 0.3 is 12.1 Å². The van der Waals surface area contributed by atoms with Gasteiger partial charge in [0.1, 0.15) is 24.2 Å². The molecule has 0 saturated heterocycles. The molecule has 0 saturated carbocycles. The lowest BCUT2D eigenvalue weighted by Crippen LogP contribution is -2.50. The van der Waals surface area contributed by atoms with Crippen LogP contribution in [-0.4, -0.2) is 49.1 Å². The van der Waals surface area contributed by atoms with Crippen molar-refractivity contribution in [3.05, 3.63) is 35.6 Å². The minimum absolute atomic E-state index is 0.141. The molecular weight excluding hydrogens is 353 g/mol. The number of amides is 1. The normalized spacial score (nSPS) is 12.6. The van der Waals surface area contributed by atoms with Crippen LogP contribution >= 0.6 is 0 Å². The highest BCUT2D eigenvalue weighted by Crippen LogP contribution is 2.17. The molecule has 0 fully saturated rings. The Kier molecular flexibility index (Phi) is 8.69. The first kappa shape index (κ1) is 22.9. The molecule has 0 aliphatic rings. The molecule has 152 valence electrons. The lowest BCUT2D eigenvalue weighted by molar-refractivity contribution is -0.153. The Balaban J connectivity index is 3.10. The van der Waals surface area contributed by atoms with Crippen LogP contribution in [0.1, 0.15) is 40.2 Å². The minimum atomic E-state index is -0.955. The number of carbonyl (C=O) groups excluding carboxylic acids is 2. The molecule has 0 heterocycles. The molecule has 0 spiro atoms. The molecule has 7 heteroatoms. The first-order valence-electron chi connectivity index (χ1n) is 8.93. The van der Waals surface area contributed by atoms with Crippen molar-refractivity contribution < 1.29 is 28.2 Å². The average molecular weight is 383 g/mol. The third-order valence-corrected chi connectivity index (χ3v) is 3.45. The Morgan fingerprint density at radius 1 is 1.15 bits per heavy atom. The second-order valence-electron chi connectivity index (χ2n) is 7.74. The Bertz CT molecular complexity index is 610. The average Bonchev–Trinajstić information content (AvgIpc) is 2.55. The van der Waals surface area contributed by atoms with Crippen molar-refractivity contribution in [2.45, 2.75) is 52.7 Å². The molecule has 1 atom stereocenters. The topological polar surface area (TPSA) is 65.1 Å². The molecule has 0 radical (unpaired) electrons. The van der Waals surface area contributed by atoms with Gasteiger partial charge < -0.3 is 14.2 Å². The van der Waals surface area contributed by atoms with Gasteiger partial charge in [-0.1, -0.05) is 26.0 Å². The zero-order valence-corrected chi connectivity index (χ0v) is 17.0. The third-order valence-electron chi connectivity index (χ3n) is 3.45. The summed E-state index contributed by atoms with van der Waals surface area (Å²) in [5.41, 5.74) is -0.0433. The molecule has 0 N–H and O–H groups in total. The predicted molar refractivity (Wildman–Crippen MR) is 99.6 cm³/mol. The van der Waals surface area contributed by atoms with Gasteiger partial charge in [0.05, 0.1) is 6.61 Å². The van der Waals surface area contributed by atoms with E-state index < -0.39 is 23.7 Å². The lowest BCUT2D eigenvalue weighted by Gasteiger charge is -2.32. The van der Waals surface area contributed by atoms with Gasteiger partial charge in [-0.15, -0.1) is 0 Å². The fraction of sp³-hybridized carbons (Fsp3) is 0.600. The minimum Gasteiger partial charge on any atom is -0.464 e. The van der Waals surface area contributed by atoms with E-state index >= 15 is 0 Å². The first-order valence-corrected chi connectivity index (χ1v) is 8.93. The van der Waals surface area contributed by atoms with Crippen LogP contribution in [0.25, 0.3) is 0 Å². The van der Waals surface area contributed by atoms with E-state index in [2.05, 4.69) is 0 Å². The SMILES string of the molecule is COCN(C(=O)OC(C)(C)C)[C@@H](Cc1ccc(F)cc1)C(=O)OCC(C)C. The van der Waals surface area contributed by atoms with Gasteiger partial charge in [-0.2, -0.15) is 0 Å². The quantitative estimate of drug-likeness (QED) is 0.505. The Labute approximate surface area is 160 Å². The molecule has 0 bridgehead atoms. The number of hydrogen-bond donors (Lipinski definition) is 0. The number of hydrogen-bond acceptors (Lipinski definition) is 5. The molecule has 1 amide bonds. The lowest BCUT2D eigenvalue weighted by atomic mass is 10.0. The molecule has 1 rings (SSSR count). The molecule has 6 nitrogen and oxygen atoms in total. The van der Waals surface area contributed by atoms with Crippen molar-refractivity contribution in [3.63, 3.8) is 0 Å². The van der Waals surface area contributed by atoms with Gasteiger partial charge in [-0.25, -0.2) is 14.0 Å². The first-order chi connectivity index (χ1) is 12.5. The smallest absolute Gasteiger partial charge is 0.412 e. The molecule has 0 unspecified atom stereocenters. The standard InChI is InChI=1S/C20H30FNO5/c1-14(2)12-26-18(23)17(11-15-7-9-16(21)10-8-15)22(13-25-6)19(24)27-20(3,4)5/h7-10,14,17H,11-13H2,1-6H3/t17-/m0/s1. The predicted octanol–water partition coefficient (Wildman–Crippen LogP) is 3.78. The van der Waals surface area contributed by atoms with Crippen LogP contribution in [0.4, 0.5) is 9.18 Å². The molecule has 0 aliphatic heterocycles. The van der Waals surface area contributed by atoms with E-state index in [4.69, 9.17) is 14.2 Å². The third kappa shape index (κ3) is 8.39. The van der Waals surface area contributed by atoms with Crippen molar-refractivity contribution in [2.75, 3.05) is 20.4 Å². The Morgan fingerprint density at radius 3 is 2.22 bits per heavy atom. The second kappa shape index (κ2) is 10.3. The number of nitrogens with zero attached hydrogens (tertiary/aromatic N) is 1. The molecule has 0 aromatic heterocycles. The number of methoxy groups -OCH3 is 1. The van der Waals surface area contributed by atoms with E-state index in [0.717, 1.165) is 0 Å². The van der Waals surface area contributed by atoms with Crippen molar-refractivity contribution >= 4 is 12.1 Å². The maximum absolute atomic E-state index is 13.2. The summed E-state index contributed by atoms with van der Waals surface area (Å²) in [6, 6.07) is 4.79. The van der Waals surface area contributed by atoms with Gasteiger partial charge in [-0.3, -0.25) is 4.90 Å². The maximum Gasteiger partial charge on any atom is 0.412 e. The van der Waals surface area contributed by atoms with Gasteiger partial charge in [-0.05, 0) is 44.4 Å². The number of benzene rings is 1. The number of rotatable bonds is 8. The molecule has 27 heavy (non-hydrogen) atoms. The van der Waals surface area contributed by atoms with Crippen molar-refractivity contribution in [1.29, 1.82) is 0 Å². The summed E-state index contributed by atoms with van der Waals surface area (Å²) in [4.78, 5) is 26.5. The van der Waals surface area contributed by atoms with Crippen LogP contribution < -0.4 is 0 Å². The summed E-state index contributed by atoms with van der Waals surface area (Å²) >= 11 is 0. The maximum atomic E-state index is 13.2. The molecule has 1 aromatic carbocycles. The summed E-state index contributed by atoms with van der Waals surface area (Å²) < 4.78 is 29.1. The van der Waals surface area contributed by atoms with Crippen LogP contribution in [0.15, 0.2) is 24.3 Å². The number of ether oxygens (including phenoxy) is 3. The van der Waals surface area contributed by atoms with E-state index in [1.54, 1.807) is 32.9 Å². The van der Waals surface area contributed by atoms with E-state index in [1.165, 1.54) is 24.1 Å². The van der Waals surface area contributed by atoms with Crippen LogP contribution in [0.3, 0.4) is 0 Å². The molecular formula is C20H30FNO5. The van der Waals surface area contributed by atoms with Gasteiger partial charge in [0.15, 0.2) is 0 Å². The van der Waals surface area contributed by atoms with E-state index in [9.17, 15) is 14.0 Å². The van der Waals surface area contributed by atoms with Crippen molar-refractivity contribution in [3.8, 4) is 0 Å². The zero-order chi connectivity index (χ0) is 20.6. The highest BCUT2D eigenvalue weighted by Gasteiger charge is 2.34. The van der Waals surface area contributed by atoms with E-state index in [1.807, 2.05) is 13.8 Å². The number of esters is 1. The summed E-state index contributed by atoms with van der Waals surface area (Å²) in [5.74, 6) is -0.785. The molecule has 1 aromatic rings. The van der Waals surface area contributed by atoms with E-state index in [-0.39, 0.29) is 31.5 Å². The highest BCUT2D eigenvalue weighted by atomic mass is 19.1. The fourth-order valence-electron chi connectivity index (χ4n) is 2.24. The summed E-state index contributed by atoms with van der Waals surface area (Å²) in [5, 5.41) is 0. The summed E-state index contributed by atoms with van der Waals surface area (Å²) in [7, 11) is 1.42. The van der Waals surface area contributed by atoms with Crippen LogP contribution in [0.5, 0.6) is 0 Å². The van der Waals surface area contributed by atoms with Crippen molar-refractivity contribution in [2.24, 2.45) is 5.92 Å². The van der Waals surface area contributed by atoms with Gasteiger partial charge in [0, 0.05) is 13.5 Å². The number of halogens is 1. The second-order valence-corrected chi connectivity index (χ2v) is 7.74. The Morgan fingerprint density at radius 2 is 1.74 bits per heavy atom. The largest absolute Gasteiger partial charge is 0.464 e. The fourth-order valence-corrected chi connectivity index (χ4v) is 2.24. The molecule has 0 aliphatic carbocycles.